The first-order valence-electron chi connectivity index (χ1n) is 13.1. The summed E-state index contributed by atoms with van der Waals surface area (Å²) in [6.07, 6.45) is 14.0. The molecule has 204 valence electrons. The number of benzene rings is 1. The summed E-state index contributed by atoms with van der Waals surface area (Å²) in [6, 6.07) is 10.1. The van der Waals surface area contributed by atoms with Crippen LogP contribution in [0.4, 0.5) is 5.82 Å². The fourth-order valence-electron chi connectivity index (χ4n) is 4.61. The average molecular weight is 537 g/mol. The van der Waals surface area contributed by atoms with Crippen molar-refractivity contribution in [2.45, 2.75) is 25.8 Å². The maximum Gasteiger partial charge on any atom is 0.339 e. The van der Waals surface area contributed by atoms with Gasteiger partial charge in [-0.2, -0.15) is 0 Å². The number of imidazole rings is 1. The Morgan fingerprint density at radius 2 is 1.95 bits per heavy atom. The van der Waals surface area contributed by atoms with Gasteiger partial charge in [0, 0.05) is 42.5 Å². The standard InChI is InChI=1S/C30H32N8O2/c1-5-9-23(36(4)26(39)12-8-15-35(3)22-13-14-22)16-20(2)37-29-27(28(31)33-19-34-29)38(30(37)40)24-17-21-10-6-7-11-25(21)32-18-24/h5-12,16-19,22H,2,13-15H2,1,3-4H3,(H2,31,33,34)/b9-5-,12-8+,23-16+. The van der Waals surface area contributed by atoms with E-state index in [2.05, 4.69) is 33.5 Å². The minimum absolute atomic E-state index is 0.146. The van der Waals surface area contributed by atoms with E-state index in [4.69, 9.17) is 5.73 Å². The van der Waals surface area contributed by atoms with Crippen LogP contribution in [0.2, 0.25) is 0 Å². The summed E-state index contributed by atoms with van der Waals surface area (Å²) in [5, 5.41) is 0.869. The molecule has 0 bridgehead atoms. The Labute approximate surface area is 232 Å². The predicted octanol–water partition coefficient (Wildman–Crippen LogP) is 3.75. The maximum absolute atomic E-state index is 13.9. The molecule has 1 saturated carbocycles. The Hall–Kier alpha value is -4.83. The topological polar surface area (TPSA) is 115 Å². The van der Waals surface area contributed by atoms with Gasteiger partial charge in [-0.05, 0) is 51.1 Å². The van der Waals surface area contributed by atoms with Gasteiger partial charge in [0.05, 0.1) is 17.4 Å². The number of aromatic nitrogens is 5. The molecule has 1 aliphatic carbocycles. The molecule has 0 spiro atoms. The van der Waals surface area contributed by atoms with Crippen LogP contribution in [0, 0.1) is 0 Å². The molecule has 40 heavy (non-hydrogen) atoms. The molecule has 2 N–H and O–H groups in total. The number of para-hydroxylation sites is 1. The number of hydrogen-bond donors (Lipinski definition) is 1. The lowest BCUT2D eigenvalue weighted by Gasteiger charge is -2.18. The number of fused-ring (bicyclic) bond motifs is 2. The normalized spacial score (nSPS) is 14.2. The number of amides is 1. The molecule has 10 heteroatoms. The average Bonchev–Trinajstić information content (AvgIpc) is 3.75. The Bertz CT molecular complexity index is 1760. The summed E-state index contributed by atoms with van der Waals surface area (Å²) >= 11 is 0. The van der Waals surface area contributed by atoms with Gasteiger partial charge in [0.2, 0.25) is 5.91 Å². The first-order chi connectivity index (χ1) is 19.3. The molecule has 1 amide bonds. The highest BCUT2D eigenvalue weighted by Gasteiger charge is 2.25. The second kappa shape index (κ2) is 11.1. The van der Waals surface area contributed by atoms with Crippen molar-refractivity contribution in [2.75, 3.05) is 26.4 Å². The number of anilines is 1. The van der Waals surface area contributed by atoms with E-state index in [9.17, 15) is 9.59 Å². The molecule has 1 aliphatic rings. The van der Waals surface area contributed by atoms with Crippen LogP contribution in [0.15, 0.2) is 90.3 Å². The lowest BCUT2D eigenvalue weighted by Crippen LogP contribution is -2.26. The Morgan fingerprint density at radius 3 is 2.70 bits per heavy atom. The second-order valence-electron chi connectivity index (χ2n) is 9.80. The first-order valence-corrected chi connectivity index (χ1v) is 13.1. The first kappa shape index (κ1) is 26.8. The van der Waals surface area contributed by atoms with Gasteiger partial charge in [0.1, 0.15) is 11.8 Å². The molecular formula is C30H32N8O2. The fraction of sp³-hybridized carbons (Fsp3) is 0.233. The van der Waals surface area contributed by atoms with E-state index in [1.807, 2.05) is 49.4 Å². The minimum Gasteiger partial charge on any atom is -0.382 e. The quantitative estimate of drug-likeness (QED) is 0.256. The highest BCUT2D eigenvalue weighted by Crippen LogP contribution is 2.26. The number of carbonyl (C=O) groups excluding carboxylic acids is 1. The third-order valence-electron chi connectivity index (χ3n) is 6.96. The highest BCUT2D eigenvalue weighted by molar-refractivity contribution is 5.90. The SMILES string of the molecule is C=C(/C=C(\C=C/C)N(C)C(=O)/C=C/CN(C)C1CC1)n1c(=O)n(-c2cnc3ccccc3c2)c2c(N)ncnc21. The zero-order valence-corrected chi connectivity index (χ0v) is 22.9. The van der Waals surface area contributed by atoms with Crippen molar-refractivity contribution in [3.63, 3.8) is 0 Å². The van der Waals surface area contributed by atoms with E-state index >= 15 is 0 Å². The van der Waals surface area contributed by atoms with Crippen molar-refractivity contribution in [3.05, 3.63) is 96.0 Å². The molecule has 0 radical (unpaired) electrons. The summed E-state index contributed by atoms with van der Waals surface area (Å²) in [4.78, 5) is 43.6. The van der Waals surface area contributed by atoms with E-state index in [0.29, 0.717) is 40.8 Å². The number of likely N-dealkylation sites (N-methyl/N-ethyl adjacent to an activating group) is 2. The molecule has 0 aliphatic heterocycles. The van der Waals surface area contributed by atoms with Crippen molar-refractivity contribution in [1.29, 1.82) is 0 Å². The van der Waals surface area contributed by atoms with E-state index < -0.39 is 5.69 Å². The zero-order chi connectivity index (χ0) is 28.4. The number of allylic oxidation sites excluding steroid dienone is 4. The van der Waals surface area contributed by atoms with Crippen molar-refractivity contribution in [3.8, 4) is 5.69 Å². The molecule has 1 fully saturated rings. The number of nitrogens with two attached hydrogens (primary N) is 1. The lowest BCUT2D eigenvalue weighted by atomic mass is 10.2. The van der Waals surface area contributed by atoms with Gasteiger partial charge in [0.15, 0.2) is 11.5 Å². The molecule has 4 aromatic rings. The summed E-state index contributed by atoms with van der Waals surface area (Å²) in [6.45, 7) is 6.72. The summed E-state index contributed by atoms with van der Waals surface area (Å²) < 4.78 is 2.80. The largest absolute Gasteiger partial charge is 0.382 e. The van der Waals surface area contributed by atoms with Crippen LogP contribution in [0.5, 0.6) is 0 Å². The van der Waals surface area contributed by atoms with Gasteiger partial charge in [-0.25, -0.2) is 19.3 Å². The number of nitrogen functional groups attached to an aromatic ring is 1. The number of carbonyl (C=O) groups is 1. The molecule has 10 nitrogen and oxygen atoms in total. The van der Waals surface area contributed by atoms with E-state index in [0.717, 1.165) is 10.9 Å². The number of pyridine rings is 1. The highest BCUT2D eigenvalue weighted by atomic mass is 16.2. The number of rotatable bonds is 9. The van der Waals surface area contributed by atoms with Crippen LogP contribution in [0.25, 0.3) is 33.5 Å². The minimum atomic E-state index is -0.433. The molecule has 3 heterocycles. The molecule has 3 aromatic heterocycles. The fourth-order valence-corrected chi connectivity index (χ4v) is 4.61. The van der Waals surface area contributed by atoms with Crippen molar-refractivity contribution in [1.82, 2.24) is 33.9 Å². The van der Waals surface area contributed by atoms with Gasteiger partial charge < -0.3 is 10.6 Å². The van der Waals surface area contributed by atoms with Crippen LogP contribution in [0.1, 0.15) is 19.8 Å². The van der Waals surface area contributed by atoms with Crippen LogP contribution >= 0.6 is 0 Å². The van der Waals surface area contributed by atoms with Crippen molar-refractivity contribution < 1.29 is 4.79 Å². The summed E-state index contributed by atoms with van der Waals surface area (Å²) in [7, 11) is 3.74. The van der Waals surface area contributed by atoms with Gasteiger partial charge >= 0.3 is 5.69 Å². The molecule has 0 atom stereocenters. The Morgan fingerprint density at radius 1 is 1.18 bits per heavy atom. The molecular weight excluding hydrogens is 504 g/mol. The zero-order valence-electron chi connectivity index (χ0n) is 22.9. The van der Waals surface area contributed by atoms with Crippen molar-refractivity contribution >= 4 is 39.5 Å². The third kappa shape index (κ3) is 5.21. The van der Waals surface area contributed by atoms with Crippen molar-refractivity contribution in [2.24, 2.45) is 0 Å². The van der Waals surface area contributed by atoms with Gasteiger partial charge in [-0.1, -0.05) is 36.9 Å². The smallest absolute Gasteiger partial charge is 0.339 e. The predicted molar refractivity (Wildman–Crippen MR) is 159 cm³/mol. The van der Waals surface area contributed by atoms with E-state index in [1.165, 1.54) is 33.2 Å². The van der Waals surface area contributed by atoms with Gasteiger partial charge in [0.25, 0.3) is 0 Å². The molecule has 0 unspecified atom stereocenters. The van der Waals surface area contributed by atoms with Crippen LogP contribution < -0.4 is 11.4 Å². The van der Waals surface area contributed by atoms with Crippen LogP contribution in [0.3, 0.4) is 0 Å². The van der Waals surface area contributed by atoms with Crippen LogP contribution in [-0.4, -0.2) is 66.5 Å². The summed E-state index contributed by atoms with van der Waals surface area (Å²) in [5.41, 5.74) is 8.65. The Kier molecular flexibility index (Phi) is 7.43. The lowest BCUT2D eigenvalue weighted by molar-refractivity contribution is -0.123. The summed E-state index contributed by atoms with van der Waals surface area (Å²) in [5.74, 6) is -0.0435. The van der Waals surface area contributed by atoms with Crippen LogP contribution in [-0.2, 0) is 4.79 Å². The number of hydrogen-bond acceptors (Lipinski definition) is 7. The number of nitrogens with zero attached hydrogens (tertiary/aromatic N) is 7. The second-order valence-corrected chi connectivity index (χ2v) is 9.80. The molecule has 1 aromatic carbocycles. The van der Waals surface area contributed by atoms with E-state index in [1.54, 1.807) is 31.5 Å². The molecule has 0 saturated heterocycles. The van der Waals surface area contributed by atoms with Gasteiger partial charge in [-0.15, -0.1) is 0 Å². The third-order valence-corrected chi connectivity index (χ3v) is 6.96. The van der Waals surface area contributed by atoms with E-state index in [-0.39, 0.29) is 11.7 Å². The Balaban J connectivity index is 1.53. The van der Waals surface area contributed by atoms with Gasteiger partial charge in [-0.3, -0.25) is 19.2 Å². The maximum atomic E-state index is 13.9. The monoisotopic (exact) mass is 536 g/mol. The molecule has 5 rings (SSSR count).